The van der Waals surface area contributed by atoms with Gasteiger partial charge in [0.2, 0.25) is 0 Å². The number of nitrogens with zero attached hydrogens (tertiary/aromatic N) is 4. The van der Waals surface area contributed by atoms with Gasteiger partial charge in [-0.15, -0.1) is 11.3 Å². The molecule has 3 aliphatic heterocycles. The molecule has 4 heterocycles. The van der Waals surface area contributed by atoms with Crippen LogP contribution < -0.4 is 4.90 Å². The van der Waals surface area contributed by atoms with Crippen LogP contribution in [0.15, 0.2) is 6.20 Å². The fourth-order valence-electron chi connectivity index (χ4n) is 4.27. The third-order valence-electron chi connectivity index (χ3n) is 5.61. The van der Waals surface area contributed by atoms with Crippen molar-refractivity contribution in [1.29, 1.82) is 0 Å². The largest absolute Gasteiger partial charge is 0.378 e. The first-order chi connectivity index (χ1) is 11.9. The number of anilines is 1. The van der Waals surface area contributed by atoms with Crippen LogP contribution >= 0.6 is 11.3 Å². The summed E-state index contributed by atoms with van der Waals surface area (Å²) in [5, 5.41) is 0.850. The van der Waals surface area contributed by atoms with E-state index in [1.54, 1.807) is 11.3 Å². The molecule has 0 aliphatic carbocycles. The molecule has 0 radical (unpaired) electrons. The van der Waals surface area contributed by atoms with Crippen molar-refractivity contribution < 1.29 is 13.2 Å². The topological polar surface area (TPSA) is 66.0 Å². The van der Waals surface area contributed by atoms with Crippen molar-refractivity contribution in [1.82, 2.24) is 14.8 Å². The van der Waals surface area contributed by atoms with Gasteiger partial charge in [0.15, 0.2) is 15.0 Å². The van der Waals surface area contributed by atoms with E-state index in [9.17, 15) is 8.42 Å². The van der Waals surface area contributed by atoms with E-state index >= 15 is 0 Å². The van der Waals surface area contributed by atoms with E-state index in [2.05, 4.69) is 19.7 Å². The number of hydrogen-bond donors (Lipinski definition) is 0. The average molecular weight is 387 g/mol. The monoisotopic (exact) mass is 386 g/mol. The molecule has 1 aromatic heterocycles. The van der Waals surface area contributed by atoms with Gasteiger partial charge in [0, 0.05) is 55.8 Å². The van der Waals surface area contributed by atoms with E-state index in [4.69, 9.17) is 4.74 Å². The average Bonchev–Trinajstić information content (AvgIpc) is 3.26. The van der Waals surface area contributed by atoms with Gasteiger partial charge in [-0.3, -0.25) is 4.90 Å². The maximum Gasteiger partial charge on any atom is 0.185 e. The first kappa shape index (κ1) is 17.7. The summed E-state index contributed by atoms with van der Waals surface area (Å²) in [4.78, 5) is 12.4. The van der Waals surface area contributed by atoms with Gasteiger partial charge in [0.25, 0.3) is 0 Å². The zero-order valence-corrected chi connectivity index (χ0v) is 16.4. The van der Waals surface area contributed by atoms with Gasteiger partial charge in [-0.05, 0) is 14.1 Å². The number of likely N-dealkylation sites (tertiary alicyclic amines) is 1. The lowest BCUT2D eigenvalue weighted by Gasteiger charge is -2.26. The molecule has 4 rings (SSSR count). The fourth-order valence-corrected chi connectivity index (χ4v) is 7.78. The predicted molar refractivity (Wildman–Crippen MR) is 99.0 cm³/mol. The second-order valence-electron chi connectivity index (χ2n) is 7.47. The molecule has 3 aliphatic rings. The SMILES string of the molecule is CN(C)[C@@H]1CS(=O)(=O)[C@H]2CN(Cc3cnc(N4CCOCC4)s3)C[C@@H]12. The van der Waals surface area contributed by atoms with Crippen molar-refractivity contribution >= 4 is 26.3 Å². The highest BCUT2D eigenvalue weighted by Crippen LogP contribution is 2.37. The summed E-state index contributed by atoms with van der Waals surface area (Å²) in [7, 11) is 1.01. The van der Waals surface area contributed by atoms with Gasteiger partial charge >= 0.3 is 0 Å². The molecule has 9 heteroatoms. The summed E-state index contributed by atoms with van der Waals surface area (Å²) < 4.78 is 30.4. The Morgan fingerprint density at radius 3 is 2.80 bits per heavy atom. The Balaban J connectivity index is 1.42. The first-order valence-electron chi connectivity index (χ1n) is 8.82. The molecule has 1 aromatic rings. The highest BCUT2D eigenvalue weighted by Gasteiger charge is 2.52. The highest BCUT2D eigenvalue weighted by molar-refractivity contribution is 7.92. The molecular weight excluding hydrogens is 360 g/mol. The van der Waals surface area contributed by atoms with E-state index in [0.29, 0.717) is 12.3 Å². The minimum Gasteiger partial charge on any atom is -0.378 e. The van der Waals surface area contributed by atoms with Crippen molar-refractivity contribution in [3.05, 3.63) is 11.1 Å². The second-order valence-corrected chi connectivity index (χ2v) is 10.8. The molecule has 0 amide bonds. The molecule has 3 saturated heterocycles. The Morgan fingerprint density at radius 2 is 2.08 bits per heavy atom. The van der Waals surface area contributed by atoms with Gasteiger partial charge in [-0.25, -0.2) is 13.4 Å². The molecule has 3 atom stereocenters. The van der Waals surface area contributed by atoms with E-state index in [1.807, 2.05) is 20.3 Å². The normalized spacial score (nSPS) is 32.4. The maximum absolute atomic E-state index is 12.5. The number of morpholine rings is 1. The Morgan fingerprint density at radius 1 is 1.32 bits per heavy atom. The van der Waals surface area contributed by atoms with E-state index in [0.717, 1.165) is 44.5 Å². The van der Waals surface area contributed by atoms with Crippen LogP contribution in [0.5, 0.6) is 0 Å². The second kappa shape index (κ2) is 6.77. The summed E-state index contributed by atoms with van der Waals surface area (Å²) in [6.07, 6.45) is 1.95. The molecule has 0 unspecified atom stereocenters. The van der Waals surface area contributed by atoms with Crippen molar-refractivity contribution in [3.63, 3.8) is 0 Å². The maximum atomic E-state index is 12.5. The molecule has 0 saturated carbocycles. The van der Waals surface area contributed by atoms with Crippen molar-refractivity contribution in [2.45, 2.75) is 17.8 Å². The van der Waals surface area contributed by atoms with Gasteiger partial charge in [-0.1, -0.05) is 0 Å². The Labute approximate surface area is 153 Å². The number of hydrogen-bond acceptors (Lipinski definition) is 8. The third kappa shape index (κ3) is 3.44. The van der Waals surface area contributed by atoms with Crippen molar-refractivity contribution in [2.24, 2.45) is 5.92 Å². The van der Waals surface area contributed by atoms with Crippen molar-refractivity contribution in [2.75, 3.05) is 64.1 Å². The van der Waals surface area contributed by atoms with Crippen LogP contribution in [0.1, 0.15) is 4.88 Å². The van der Waals surface area contributed by atoms with Crippen LogP contribution in [-0.2, 0) is 21.1 Å². The summed E-state index contributed by atoms with van der Waals surface area (Å²) in [5.74, 6) is 0.539. The summed E-state index contributed by atoms with van der Waals surface area (Å²) in [6.45, 7) is 5.61. The van der Waals surface area contributed by atoms with Gasteiger partial charge < -0.3 is 14.5 Å². The van der Waals surface area contributed by atoms with Crippen LogP contribution in [0.25, 0.3) is 0 Å². The molecule has 3 fully saturated rings. The van der Waals surface area contributed by atoms with E-state index in [-0.39, 0.29) is 17.2 Å². The summed E-state index contributed by atoms with van der Waals surface area (Å²) in [6, 6.07) is 0.144. The number of aromatic nitrogens is 1. The van der Waals surface area contributed by atoms with Crippen LogP contribution in [0.4, 0.5) is 5.13 Å². The van der Waals surface area contributed by atoms with Crippen LogP contribution in [0, 0.1) is 5.92 Å². The van der Waals surface area contributed by atoms with E-state index < -0.39 is 9.84 Å². The predicted octanol–water partition coefficient (Wildman–Crippen LogP) is 0.139. The quantitative estimate of drug-likeness (QED) is 0.729. The zero-order chi connectivity index (χ0) is 17.6. The molecule has 0 N–H and O–H groups in total. The lowest BCUT2D eigenvalue weighted by molar-refractivity contribution is 0.122. The van der Waals surface area contributed by atoms with Gasteiger partial charge in [-0.2, -0.15) is 0 Å². The fraction of sp³-hybridized carbons (Fsp3) is 0.812. The minimum absolute atomic E-state index is 0.144. The molecule has 140 valence electrons. The molecule has 7 nitrogen and oxygen atoms in total. The summed E-state index contributed by atoms with van der Waals surface area (Å²) in [5.41, 5.74) is 0. The molecule has 0 aromatic carbocycles. The Bertz CT molecular complexity index is 715. The number of thiazole rings is 1. The minimum atomic E-state index is -2.97. The van der Waals surface area contributed by atoms with Gasteiger partial charge in [0.1, 0.15) is 0 Å². The smallest absolute Gasteiger partial charge is 0.185 e. The van der Waals surface area contributed by atoms with E-state index in [1.165, 1.54) is 4.88 Å². The Hall–Kier alpha value is -0.740. The molecular formula is C16H26N4O3S2. The van der Waals surface area contributed by atoms with Crippen molar-refractivity contribution in [3.8, 4) is 0 Å². The first-order valence-corrected chi connectivity index (χ1v) is 11.3. The zero-order valence-electron chi connectivity index (χ0n) is 14.8. The van der Waals surface area contributed by atoms with Gasteiger partial charge in [0.05, 0.1) is 24.2 Å². The third-order valence-corrected chi connectivity index (χ3v) is 8.88. The lowest BCUT2D eigenvalue weighted by Crippen LogP contribution is -2.37. The number of sulfone groups is 1. The molecule has 0 spiro atoms. The van der Waals surface area contributed by atoms with Crippen LogP contribution in [-0.4, -0.2) is 93.7 Å². The standard InChI is InChI=1S/C16H26N4O3S2/c1-18(2)14-11-25(21,22)15-10-19(9-13(14)15)8-12-7-17-16(24-12)20-3-5-23-6-4-20/h7,13-15H,3-6,8-11H2,1-2H3/t13-,14+,15-/m0/s1. The Kier molecular flexibility index (Phi) is 4.78. The molecule has 0 bridgehead atoms. The number of fused-ring (bicyclic) bond motifs is 1. The highest BCUT2D eigenvalue weighted by atomic mass is 32.2. The number of rotatable bonds is 4. The van der Waals surface area contributed by atoms with Crippen LogP contribution in [0.2, 0.25) is 0 Å². The van der Waals surface area contributed by atoms with Crippen LogP contribution in [0.3, 0.4) is 0 Å². The molecule has 25 heavy (non-hydrogen) atoms. The summed E-state index contributed by atoms with van der Waals surface area (Å²) >= 11 is 1.72. The lowest BCUT2D eigenvalue weighted by atomic mass is 10.00. The number of ether oxygens (including phenoxy) is 1.